The van der Waals surface area contributed by atoms with E-state index in [9.17, 15) is 0 Å². The molecular weight excluding hydrogens is 122 g/mol. The van der Waals surface area contributed by atoms with Crippen LogP contribution in [0.1, 0.15) is 25.7 Å². The van der Waals surface area contributed by atoms with Gasteiger partial charge in [-0.3, -0.25) is 0 Å². The highest BCUT2D eigenvalue weighted by molar-refractivity contribution is 4.84. The molecule has 58 valence electrons. The van der Waals surface area contributed by atoms with Crippen molar-refractivity contribution >= 4 is 0 Å². The zero-order valence-corrected chi connectivity index (χ0v) is 6.84. The minimum atomic E-state index is 1.07. The first-order valence-electron chi connectivity index (χ1n) is 4.55. The molecule has 0 radical (unpaired) electrons. The Morgan fingerprint density at radius 3 is 2.00 bits per heavy atom. The van der Waals surface area contributed by atoms with Crippen LogP contribution >= 0.6 is 0 Å². The van der Waals surface area contributed by atoms with Crippen molar-refractivity contribution in [3.05, 3.63) is 0 Å². The van der Waals surface area contributed by atoms with Crippen molar-refractivity contribution in [1.82, 2.24) is 4.90 Å². The summed E-state index contributed by atoms with van der Waals surface area (Å²) in [6.45, 7) is 2.76. The molecule has 10 heavy (non-hydrogen) atoms. The number of nitrogens with zero attached hydrogens (tertiary/aromatic N) is 1. The topological polar surface area (TPSA) is 3.24 Å². The first-order valence-corrected chi connectivity index (χ1v) is 4.55. The van der Waals surface area contributed by atoms with Crippen LogP contribution in [-0.2, 0) is 0 Å². The highest BCUT2D eigenvalue weighted by Gasteiger charge is 2.31. The molecule has 0 amide bonds. The lowest BCUT2D eigenvalue weighted by molar-refractivity contribution is 0.299. The van der Waals surface area contributed by atoms with Crippen molar-refractivity contribution in [2.75, 3.05) is 20.1 Å². The third-order valence-corrected chi connectivity index (χ3v) is 3.16. The van der Waals surface area contributed by atoms with E-state index in [-0.39, 0.29) is 0 Å². The molecule has 0 bridgehead atoms. The monoisotopic (exact) mass is 139 g/mol. The van der Waals surface area contributed by atoms with Crippen LogP contribution in [0.15, 0.2) is 0 Å². The fraction of sp³-hybridized carbons (Fsp3) is 1.00. The Bertz CT molecular complexity index is 108. The van der Waals surface area contributed by atoms with E-state index in [0.29, 0.717) is 0 Å². The van der Waals surface area contributed by atoms with Gasteiger partial charge in [-0.15, -0.1) is 0 Å². The highest BCUT2D eigenvalue weighted by atomic mass is 15.1. The zero-order valence-electron chi connectivity index (χ0n) is 6.84. The van der Waals surface area contributed by atoms with Gasteiger partial charge in [-0.2, -0.15) is 0 Å². The summed E-state index contributed by atoms with van der Waals surface area (Å²) in [5.41, 5.74) is 0. The smallest absolute Gasteiger partial charge is 0.000985 e. The fourth-order valence-corrected chi connectivity index (χ4v) is 2.64. The van der Waals surface area contributed by atoms with E-state index in [1.165, 1.54) is 38.8 Å². The fourth-order valence-electron chi connectivity index (χ4n) is 2.64. The zero-order chi connectivity index (χ0) is 6.97. The maximum absolute atomic E-state index is 2.50. The molecule has 1 aliphatic carbocycles. The Morgan fingerprint density at radius 2 is 1.50 bits per heavy atom. The summed E-state index contributed by atoms with van der Waals surface area (Å²) < 4.78 is 0. The lowest BCUT2D eigenvalue weighted by atomic mass is 9.82. The average Bonchev–Trinajstić information content (AvgIpc) is 2.27. The molecule has 0 aromatic carbocycles. The number of rotatable bonds is 0. The molecule has 0 spiro atoms. The lowest BCUT2D eigenvalue weighted by Gasteiger charge is -2.23. The van der Waals surface area contributed by atoms with Gasteiger partial charge in [0.2, 0.25) is 0 Å². The third kappa shape index (κ3) is 1.07. The SMILES string of the molecule is CN1CC2CCCC[C@H]2C1. The van der Waals surface area contributed by atoms with Crippen LogP contribution < -0.4 is 0 Å². The van der Waals surface area contributed by atoms with Gasteiger partial charge in [-0.25, -0.2) is 0 Å². The van der Waals surface area contributed by atoms with Crippen molar-refractivity contribution in [2.45, 2.75) is 25.7 Å². The van der Waals surface area contributed by atoms with Crippen molar-refractivity contribution in [1.29, 1.82) is 0 Å². The van der Waals surface area contributed by atoms with E-state index in [0.717, 1.165) is 11.8 Å². The third-order valence-electron chi connectivity index (χ3n) is 3.16. The summed E-state index contributed by atoms with van der Waals surface area (Å²) in [4.78, 5) is 2.50. The first-order chi connectivity index (χ1) is 4.86. The van der Waals surface area contributed by atoms with Gasteiger partial charge >= 0.3 is 0 Å². The molecule has 1 heterocycles. The van der Waals surface area contributed by atoms with Gasteiger partial charge in [0.05, 0.1) is 0 Å². The molecular formula is C9H17N. The molecule has 1 nitrogen and oxygen atoms in total. The van der Waals surface area contributed by atoms with Gasteiger partial charge in [0.15, 0.2) is 0 Å². The van der Waals surface area contributed by atoms with Crippen molar-refractivity contribution < 1.29 is 0 Å². The summed E-state index contributed by atoms with van der Waals surface area (Å²) in [7, 11) is 2.26. The van der Waals surface area contributed by atoms with E-state index in [1.54, 1.807) is 0 Å². The van der Waals surface area contributed by atoms with Crippen LogP contribution in [-0.4, -0.2) is 25.0 Å². The second-order valence-electron chi connectivity index (χ2n) is 4.03. The van der Waals surface area contributed by atoms with E-state index < -0.39 is 0 Å². The summed E-state index contributed by atoms with van der Waals surface area (Å²) in [6, 6.07) is 0. The minimum absolute atomic E-state index is 1.07. The van der Waals surface area contributed by atoms with Crippen LogP contribution in [0.2, 0.25) is 0 Å². The maximum Gasteiger partial charge on any atom is 0.000985 e. The number of hydrogen-bond acceptors (Lipinski definition) is 1. The van der Waals surface area contributed by atoms with Gasteiger partial charge in [0, 0.05) is 13.1 Å². The van der Waals surface area contributed by atoms with Gasteiger partial charge in [-0.05, 0) is 31.7 Å². The number of fused-ring (bicyclic) bond motifs is 1. The minimum Gasteiger partial charge on any atom is -0.306 e. The van der Waals surface area contributed by atoms with Crippen LogP contribution in [0.3, 0.4) is 0 Å². The number of hydrogen-bond donors (Lipinski definition) is 0. The van der Waals surface area contributed by atoms with Gasteiger partial charge in [0.1, 0.15) is 0 Å². The standard InChI is InChI=1S/C9H17N/c1-10-6-8-4-2-3-5-9(8)7-10/h8-9H,2-7H2,1H3/t8-,9?/m0/s1. The largest absolute Gasteiger partial charge is 0.306 e. The van der Waals surface area contributed by atoms with E-state index in [4.69, 9.17) is 0 Å². The van der Waals surface area contributed by atoms with Crippen molar-refractivity contribution in [3.63, 3.8) is 0 Å². The molecule has 1 saturated heterocycles. The molecule has 1 saturated carbocycles. The molecule has 2 rings (SSSR count). The summed E-state index contributed by atoms with van der Waals surface area (Å²) in [5.74, 6) is 2.14. The predicted molar refractivity (Wildman–Crippen MR) is 42.9 cm³/mol. The predicted octanol–water partition coefficient (Wildman–Crippen LogP) is 1.74. The Morgan fingerprint density at radius 1 is 1.00 bits per heavy atom. The molecule has 2 atom stereocenters. The molecule has 2 aliphatic rings. The van der Waals surface area contributed by atoms with Crippen molar-refractivity contribution in [3.8, 4) is 0 Å². The number of likely N-dealkylation sites (tertiary alicyclic amines) is 1. The summed E-state index contributed by atoms with van der Waals surface area (Å²) >= 11 is 0. The van der Waals surface area contributed by atoms with Crippen molar-refractivity contribution in [2.24, 2.45) is 11.8 Å². The lowest BCUT2D eigenvalue weighted by Crippen LogP contribution is -2.16. The quantitative estimate of drug-likeness (QED) is 0.494. The molecule has 1 unspecified atom stereocenters. The molecule has 1 aliphatic heterocycles. The summed E-state index contributed by atoms with van der Waals surface area (Å²) in [5, 5.41) is 0. The van der Waals surface area contributed by atoms with Gasteiger partial charge in [0.25, 0.3) is 0 Å². The van der Waals surface area contributed by atoms with Crippen LogP contribution in [0.4, 0.5) is 0 Å². The van der Waals surface area contributed by atoms with Gasteiger partial charge < -0.3 is 4.90 Å². The van der Waals surface area contributed by atoms with E-state index in [2.05, 4.69) is 11.9 Å². The molecule has 0 N–H and O–H groups in total. The van der Waals surface area contributed by atoms with Crippen LogP contribution in [0.5, 0.6) is 0 Å². The van der Waals surface area contributed by atoms with Crippen LogP contribution in [0, 0.1) is 11.8 Å². The first kappa shape index (κ1) is 6.66. The Balaban J connectivity index is 1.97. The molecule has 2 fully saturated rings. The van der Waals surface area contributed by atoms with E-state index in [1.807, 2.05) is 0 Å². The highest BCUT2D eigenvalue weighted by Crippen LogP contribution is 2.34. The van der Waals surface area contributed by atoms with Gasteiger partial charge in [-0.1, -0.05) is 12.8 Å². The Labute approximate surface area is 63.4 Å². The second-order valence-corrected chi connectivity index (χ2v) is 4.03. The Kier molecular flexibility index (Phi) is 1.69. The Hall–Kier alpha value is -0.0400. The second kappa shape index (κ2) is 2.54. The normalized spacial score (nSPS) is 41.7. The summed E-state index contributed by atoms with van der Waals surface area (Å²) in [6.07, 6.45) is 6.01. The maximum atomic E-state index is 2.50. The molecule has 1 heteroatoms. The van der Waals surface area contributed by atoms with E-state index >= 15 is 0 Å². The van der Waals surface area contributed by atoms with Crippen LogP contribution in [0.25, 0.3) is 0 Å². The average molecular weight is 139 g/mol. The molecule has 0 aromatic rings. The molecule has 0 aromatic heterocycles.